The topological polar surface area (TPSA) is 91.5 Å². The highest BCUT2D eigenvalue weighted by molar-refractivity contribution is 5.81. The molecule has 52 heavy (non-hydrogen) atoms. The van der Waals surface area contributed by atoms with E-state index < -0.39 is 5.54 Å². The first-order chi connectivity index (χ1) is 25.6. The average molecular weight is 678 g/mol. The monoisotopic (exact) mass is 677 g/mol. The maximum absolute atomic E-state index is 6.55. The SMILES string of the molecule is Cc1cc(OCc2ccc(-c3ccccc3)c(-c3nnn(C(c4ccccc4)(c4ccccc4)c4ccccc4)n3)c2)c(-c2cncnc2)c(C)n1. The molecule has 252 valence electrons. The van der Waals surface area contributed by atoms with Gasteiger partial charge in [-0.1, -0.05) is 133 Å². The van der Waals surface area contributed by atoms with Crippen molar-refractivity contribution in [2.75, 3.05) is 0 Å². The zero-order chi connectivity index (χ0) is 35.3. The minimum atomic E-state index is -0.892. The van der Waals surface area contributed by atoms with E-state index in [1.54, 1.807) is 17.2 Å². The predicted molar refractivity (Wildman–Crippen MR) is 202 cm³/mol. The maximum Gasteiger partial charge on any atom is 0.205 e. The van der Waals surface area contributed by atoms with Gasteiger partial charge in [0.2, 0.25) is 5.82 Å². The zero-order valence-electron chi connectivity index (χ0n) is 28.8. The van der Waals surface area contributed by atoms with Crippen LogP contribution in [0.5, 0.6) is 5.75 Å². The Balaban J connectivity index is 1.25. The van der Waals surface area contributed by atoms with Gasteiger partial charge >= 0.3 is 0 Å². The van der Waals surface area contributed by atoms with Crippen LogP contribution < -0.4 is 4.74 Å². The van der Waals surface area contributed by atoms with Crippen molar-refractivity contribution in [3.8, 4) is 39.4 Å². The molecule has 8 aromatic rings. The largest absolute Gasteiger partial charge is 0.488 e. The summed E-state index contributed by atoms with van der Waals surface area (Å²) in [5, 5.41) is 14.8. The fourth-order valence-electron chi connectivity index (χ4n) is 6.93. The van der Waals surface area contributed by atoms with Crippen molar-refractivity contribution in [1.82, 2.24) is 35.2 Å². The normalized spacial score (nSPS) is 11.3. The summed E-state index contributed by atoms with van der Waals surface area (Å²) in [7, 11) is 0. The van der Waals surface area contributed by atoms with Crippen molar-refractivity contribution in [2.45, 2.75) is 26.0 Å². The number of aromatic nitrogens is 7. The van der Waals surface area contributed by atoms with Gasteiger partial charge in [0, 0.05) is 46.5 Å². The van der Waals surface area contributed by atoms with Crippen molar-refractivity contribution >= 4 is 0 Å². The van der Waals surface area contributed by atoms with Crippen LogP contribution >= 0.6 is 0 Å². The van der Waals surface area contributed by atoms with Crippen LogP contribution in [0.4, 0.5) is 0 Å². The predicted octanol–water partition coefficient (Wildman–Crippen LogP) is 8.90. The van der Waals surface area contributed by atoms with E-state index in [9.17, 15) is 0 Å². The Morgan fingerprint density at radius 3 is 1.79 bits per heavy atom. The average Bonchev–Trinajstić information content (AvgIpc) is 3.69. The number of hydrogen-bond donors (Lipinski definition) is 0. The highest BCUT2D eigenvalue weighted by Crippen LogP contribution is 2.41. The van der Waals surface area contributed by atoms with E-state index in [0.29, 0.717) is 12.4 Å². The van der Waals surface area contributed by atoms with Crippen molar-refractivity contribution in [2.24, 2.45) is 0 Å². The number of nitrogens with zero attached hydrogens (tertiary/aromatic N) is 7. The molecule has 8 rings (SSSR count). The third-order valence-corrected chi connectivity index (χ3v) is 9.23. The zero-order valence-corrected chi connectivity index (χ0v) is 28.8. The molecule has 0 saturated heterocycles. The first kappa shape index (κ1) is 32.4. The van der Waals surface area contributed by atoms with Crippen molar-refractivity contribution in [3.63, 3.8) is 0 Å². The van der Waals surface area contributed by atoms with Gasteiger partial charge in [0.05, 0.1) is 0 Å². The van der Waals surface area contributed by atoms with Gasteiger partial charge < -0.3 is 4.74 Å². The maximum atomic E-state index is 6.55. The molecule has 0 spiro atoms. The standard InChI is InChI=1S/C44H35N7O/c1-31-25-41(42(32(2)47-31)35-27-45-30-46-28-35)52-29-33-23-24-39(34-15-7-3-8-16-34)40(26-33)43-48-50-51(49-43)44(36-17-9-4-10-18-36,37-19-11-5-12-20-37)38-21-13-6-14-22-38/h3-28,30H,29H2,1-2H3. The summed E-state index contributed by atoms with van der Waals surface area (Å²) < 4.78 is 6.55. The van der Waals surface area contributed by atoms with Gasteiger partial charge in [0.25, 0.3) is 0 Å². The van der Waals surface area contributed by atoms with Gasteiger partial charge in [-0.2, -0.15) is 0 Å². The Labute approximate surface area is 302 Å². The van der Waals surface area contributed by atoms with E-state index in [1.165, 1.54) is 6.33 Å². The number of rotatable bonds is 10. The summed E-state index contributed by atoms with van der Waals surface area (Å²) in [6.45, 7) is 4.25. The van der Waals surface area contributed by atoms with E-state index in [-0.39, 0.29) is 0 Å². The Hall–Kier alpha value is -6.80. The van der Waals surface area contributed by atoms with Crippen LogP contribution in [-0.4, -0.2) is 35.2 Å². The number of aryl methyl sites for hydroxylation is 2. The summed E-state index contributed by atoms with van der Waals surface area (Å²) in [6.07, 6.45) is 5.08. The molecule has 0 aliphatic carbocycles. The molecule has 0 aliphatic heterocycles. The molecular formula is C44H35N7O. The molecule has 0 atom stereocenters. The molecule has 0 aliphatic rings. The van der Waals surface area contributed by atoms with Gasteiger partial charge in [0.1, 0.15) is 18.7 Å². The van der Waals surface area contributed by atoms with Gasteiger partial charge in [-0.05, 0) is 58.5 Å². The summed E-state index contributed by atoms with van der Waals surface area (Å²) in [5.74, 6) is 1.22. The molecule has 0 saturated carbocycles. The van der Waals surface area contributed by atoms with Crippen molar-refractivity contribution in [3.05, 3.63) is 198 Å². The van der Waals surface area contributed by atoms with Crippen molar-refractivity contribution in [1.29, 1.82) is 0 Å². The fraction of sp³-hybridized carbons (Fsp3) is 0.0909. The highest BCUT2D eigenvalue weighted by Gasteiger charge is 2.41. The fourth-order valence-corrected chi connectivity index (χ4v) is 6.93. The molecule has 0 fully saturated rings. The van der Waals surface area contributed by atoms with Gasteiger partial charge in [-0.3, -0.25) is 4.98 Å². The van der Waals surface area contributed by atoms with E-state index >= 15 is 0 Å². The van der Waals surface area contributed by atoms with Crippen LogP contribution in [0.2, 0.25) is 0 Å². The molecule has 8 nitrogen and oxygen atoms in total. The van der Waals surface area contributed by atoms with Crippen LogP contribution in [-0.2, 0) is 12.1 Å². The molecule has 3 heterocycles. The molecule has 0 radical (unpaired) electrons. The van der Waals surface area contributed by atoms with Crippen LogP contribution in [0.25, 0.3) is 33.6 Å². The summed E-state index contributed by atoms with van der Waals surface area (Å²) in [6, 6.07) is 49.6. The Morgan fingerprint density at radius 1 is 0.615 bits per heavy atom. The lowest BCUT2D eigenvalue weighted by molar-refractivity contribution is 0.307. The lowest BCUT2D eigenvalue weighted by Gasteiger charge is -2.34. The third-order valence-electron chi connectivity index (χ3n) is 9.23. The molecular weight excluding hydrogens is 643 g/mol. The quantitative estimate of drug-likeness (QED) is 0.134. The second kappa shape index (κ2) is 14.2. The van der Waals surface area contributed by atoms with Crippen LogP contribution in [0, 0.1) is 13.8 Å². The van der Waals surface area contributed by atoms with Gasteiger partial charge in [-0.15, -0.1) is 15.0 Å². The Bertz CT molecular complexity index is 2320. The molecule has 3 aromatic heterocycles. The Morgan fingerprint density at radius 2 is 1.19 bits per heavy atom. The van der Waals surface area contributed by atoms with Crippen molar-refractivity contribution < 1.29 is 4.74 Å². The third kappa shape index (κ3) is 6.11. The van der Waals surface area contributed by atoms with E-state index in [2.05, 4.69) is 76.7 Å². The number of pyridine rings is 1. The number of hydrogen-bond acceptors (Lipinski definition) is 7. The highest BCUT2D eigenvalue weighted by atomic mass is 16.5. The Kier molecular flexibility index (Phi) is 8.85. The minimum absolute atomic E-state index is 0.307. The summed E-state index contributed by atoms with van der Waals surface area (Å²) in [5.41, 5.74) is 9.44. The molecule has 5 aromatic carbocycles. The minimum Gasteiger partial charge on any atom is -0.488 e. The van der Waals surface area contributed by atoms with Crippen LogP contribution in [0.1, 0.15) is 33.6 Å². The van der Waals surface area contributed by atoms with Crippen LogP contribution in [0.3, 0.4) is 0 Å². The second-order valence-corrected chi connectivity index (χ2v) is 12.6. The first-order valence-electron chi connectivity index (χ1n) is 17.1. The van der Waals surface area contributed by atoms with Gasteiger partial charge in [0.15, 0.2) is 5.54 Å². The summed E-state index contributed by atoms with van der Waals surface area (Å²) >= 11 is 0. The molecule has 8 heteroatoms. The van der Waals surface area contributed by atoms with E-state index in [0.717, 1.165) is 67.2 Å². The molecule has 0 unspecified atom stereocenters. The lowest BCUT2D eigenvalue weighted by atomic mass is 9.77. The molecule has 0 amide bonds. The number of ether oxygens (including phenoxy) is 1. The number of tetrazole rings is 1. The molecule has 0 N–H and O–H groups in total. The van der Waals surface area contributed by atoms with Gasteiger partial charge in [-0.25, -0.2) is 9.97 Å². The smallest absolute Gasteiger partial charge is 0.205 e. The molecule has 0 bridgehead atoms. The summed E-state index contributed by atoms with van der Waals surface area (Å²) in [4.78, 5) is 14.9. The first-order valence-corrected chi connectivity index (χ1v) is 17.1. The lowest BCUT2D eigenvalue weighted by Crippen LogP contribution is -2.39. The number of benzene rings is 5. The second-order valence-electron chi connectivity index (χ2n) is 12.6. The van der Waals surface area contributed by atoms with E-state index in [1.807, 2.05) is 92.7 Å². The van der Waals surface area contributed by atoms with E-state index in [4.69, 9.17) is 25.1 Å². The van der Waals surface area contributed by atoms with Crippen LogP contribution in [0.15, 0.2) is 164 Å².